The monoisotopic (exact) mass is 577 g/mol. The number of aromatic nitrogens is 2. The predicted octanol–water partition coefficient (Wildman–Crippen LogP) is 7.34. The van der Waals surface area contributed by atoms with Gasteiger partial charge in [0, 0.05) is 30.3 Å². The highest BCUT2D eigenvalue weighted by Crippen LogP contribution is 2.35. The number of carboxylic acid groups (broad SMARTS) is 1. The molecule has 0 unspecified atom stereocenters. The van der Waals surface area contributed by atoms with Crippen molar-refractivity contribution in [2.75, 3.05) is 13.7 Å². The quantitative estimate of drug-likeness (QED) is 0.115. The van der Waals surface area contributed by atoms with E-state index in [9.17, 15) is 9.59 Å². The third kappa shape index (κ3) is 8.05. The first-order valence-electron chi connectivity index (χ1n) is 13.7. The molecule has 0 aliphatic carbocycles. The van der Waals surface area contributed by atoms with E-state index in [4.69, 9.17) is 27.2 Å². The van der Waals surface area contributed by atoms with Crippen LogP contribution in [0.4, 0.5) is 0 Å². The summed E-state index contributed by atoms with van der Waals surface area (Å²) in [6.07, 6.45) is 12.2. The van der Waals surface area contributed by atoms with Gasteiger partial charge in [0.1, 0.15) is 15.8 Å². The van der Waals surface area contributed by atoms with E-state index in [1.807, 2.05) is 71.6 Å². The summed E-state index contributed by atoms with van der Waals surface area (Å²) < 4.78 is 7.84. The average Bonchev–Trinajstić information content (AvgIpc) is 3.50. The fraction of sp³-hybridized carbons (Fsp3) is 0.355. The van der Waals surface area contributed by atoms with Crippen molar-refractivity contribution in [3.63, 3.8) is 0 Å². The van der Waals surface area contributed by atoms with Crippen LogP contribution in [-0.4, -0.2) is 49.6 Å². The first kappa shape index (κ1) is 29.6. The first-order valence-corrected chi connectivity index (χ1v) is 15.0. The molecule has 40 heavy (non-hydrogen) atoms. The fourth-order valence-corrected chi connectivity index (χ4v) is 5.94. The number of methoxy groups -OCH3 is 1. The van der Waals surface area contributed by atoms with Crippen LogP contribution in [0.5, 0.6) is 5.75 Å². The molecule has 7 nitrogen and oxygen atoms in total. The van der Waals surface area contributed by atoms with Crippen molar-refractivity contribution in [1.29, 1.82) is 0 Å². The Hall–Kier alpha value is -3.43. The summed E-state index contributed by atoms with van der Waals surface area (Å²) in [5.74, 6) is -0.0372. The fourth-order valence-electron chi connectivity index (χ4n) is 4.64. The summed E-state index contributed by atoms with van der Waals surface area (Å²) in [4.78, 5) is 26.2. The minimum atomic E-state index is -0.718. The predicted molar refractivity (Wildman–Crippen MR) is 165 cm³/mol. The second kappa shape index (κ2) is 14.8. The standard InChI is InChI=1S/C31H35N3O4S2/c1-38-26-17-13-14-23(20-26)29-24(22-34(32-29)25-15-9-8-10-16-25)21-27-30(37)33(31(39)40-27)19-12-7-5-3-2-4-6-11-18-28(35)36/h8-10,13-17,20-22H,2-7,11-12,18-19H2,1H3,(H,35,36). The molecule has 1 fully saturated rings. The zero-order valence-electron chi connectivity index (χ0n) is 22.8. The molecule has 0 saturated carbocycles. The van der Waals surface area contributed by atoms with Crippen molar-refractivity contribution >= 4 is 46.3 Å². The molecule has 4 rings (SSSR count). The van der Waals surface area contributed by atoms with E-state index in [2.05, 4.69) is 0 Å². The number of unbranched alkanes of at least 4 members (excludes halogenated alkanes) is 7. The number of thioether (sulfide) groups is 1. The van der Waals surface area contributed by atoms with Crippen molar-refractivity contribution in [2.24, 2.45) is 0 Å². The molecule has 9 heteroatoms. The zero-order chi connectivity index (χ0) is 28.3. The van der Waals surface area contributed by atoms with Gasteiger partial charge in [-0.2, -0.15) is 5.10 Å². The van der Waals surface area contributed by atoms with Gasteiger partial charge in [-0.15, -0.1) is 0 Å². The molecule has 3 aromatic rings. The number of para-hydroxylation sites is 1. The molecule has 0 bridgehead atoms. The minimum Gasteiger partial charge on any atom is -0.497 e. The smallest absolute Gasteiger partial charge is 0.303 e. The van der Waals surface area contributed by atoms with E-state index in [1.54, 1.807) is 12.0 Å². The molecule has 210 valence electrons. The highest BCUT2D eigenvalue weighted by molar-refractivity contribution is 8.26. The third-order valence-electron chi connectivity index (χ3n) is 6.79. The number of amides is 1. The second-order valence-corrected chi connectivity index (χ2v) is 11.4. The van der Waals surface area contributed by atoms with Crippen LogP contribution in [0.15, 0.2) is 65.7 Å². The van der Waals surface area contributed by atoms with Crippen molar-refractivity contribution in [1.82, 2.24) is 14.7 Å². The van der Waals surface area contributed by atoms with Gasteiger partial charge in [-0.25, -0.2) is 4.68 Å². The Balaban J connectivity index is 1.39. The Labute approximate surface area is 245 Å². The number of aliphatic carboxylic acids is 1. The molecular weight excluding hydrogens is 542 g/mol. The molecule has 0 atom stereocenters. The summed E-state index contributed by atoms with van der Waals surface area (Å²) >= 11 is 6.92. The van der Waals surface area contributed by atoms with Gasteiger partial charge in [-0.1, -0.05) is 92.8 Å². The molecule has 2 aromatic carbocycles. The maximum Gasteiger partial charge on any atom is 0.303 e. The van der Waals surface area contributed by atoms with Crippen LogP contribution in [0.3, 0.4) is 0 Å². The molecule has 0 radical (unpaired) electrons. The lowest BCUT2D eigenvalue weighted by molar-refractivity contribution is -0.137. The third-order valence-corrected chi connectivity index (χ3v) is 8.17. The number of ether oxygens (including phenoxy) is 1. The number of rotatable bonds is 15. The number of hydrogen-bond donors (Lipinski definition) is 1. The highest BCUT2D eigenvalue weighted by atomic mass is 32.2. The number of nitrogens with zero attached hydrogens (tertiary/aromatic N) is 3. The summed E-state index contributed by atoms with van der Waals surface area (Å²) in [7, 11) is 1.64. The van der Waals surface area contributed by atoms with E-state index in [0.717, 1.165) is 79.6 Å². The number of carbonyl (C=O) groups is 2. The number of thiocarbonyl (C=S) groups is 1. The van der Waals surface area contributed by atoms with Crippen LogP contribution < -0.4 is 4.74 Å². The van der Waals surface area contributed by atoms with Crippen LogP contribution >= 0.6 is 24.0 Å². The second-order valence-electron chi connectivity index (χ2n) is 9.75. The maximum absolute atomic E-state index is 13.3. The lowest BCUT2D eigenvalue weighted by Gasteiger charge is -2.14. The molecule has 1 aliphatic rings. The highest BCUT2D eigenvalue weighted by Gasteiger charge is 2.32. The van der Waals surface area contributed by atoms with Crippen LogP contribution in [0.2, 0.25) is 0 Å². The lowest BCUT2D eigenvalue weighted by atomic mass is 10.1. The van der Waals surface area contributed by atoms with Gasteiger partial charge in [0.2, 0.25) is 0 Å². The average molecular weight is 578 g/mol. The van der Waals surface area contributed by atoms with Crippen LogP contribution in [0, 0.1) is 0 Å². The van der Waals surface area contributed by atoms with E-state index in [1.165, 1.54) is 11.8 Å². The zero-order valence-corrected chi connectivity index (χ0v) is 24.4. The van der Waals surface area contributed by atoms with Gasteiger partial charge in [0.25, 0.3) is 5.91 Å². The van der Waals surface area contributed by atoms with E-state index < -0.39 is 5.97 Å². The Bertz CT molecular complexity index is 1350. The van der Waals surface area contributed by atoms with Crippen LogP contribution in [0.25, 0.3) is 23.0 Å². The van der Waals surface area contributed by atoms with Crippen LogP contribution in [0.1, 0.15) is 63.4 Å². The molecule has 1 aliphatic heterocycles. The molecule has 0 spiro atoms. The summed E-state index contributed by atoms with van der Waals surface area (Å²) in [5.41, 5.74) is 3.42. The van der Waals surface area contributed by atoms with E-state index in [0.29, 0.717) is 15.8 Å². The number of benzene rings is 2. The SMILES string of the molecule is COc1cccc(-c2nn(-c3ccccc3)cc2C=C2SC(=S)N(CCCCCCCCCCC(=O)O)C2=O)c1. The van der Waals surface area contributed by atoms with Gasteiger partial charge in [-0.3, -0.25) is 14.5 Å². The first-order chi connectivity index (χ1) is 19.5. The number of hydrogen-bond acceptors (Lipinski definition) is 6. The molecule has 1 saturated heterocycles. The summed E-state index contributed by atoms with van der Waals surface area (Å²) in [6.45, 7) is 0.618. The largest absolute Gasteiger partial charge is 0.497 e. The molecule has 1 aromatic heterocycles. The van der Waals surface area contributed by atoms with E-state index in [-0.39, 0.29) is 12.3 Å². The summed E-state index contributed by atoms with van der Waals surface area (Å²) in [6, 6.07) is 17.6. The van der Waals surface area contributed by atoms with Crippen molar-refractivity contribution in [3.8, 4) is 22.7 Å². The maximum atomic E-state index is 13.3. The Morgan fingerprint density at radius 2 is 1.70 bits per heavy atom. The molecule has 1 amide bonds. The van der Waals surface area contributed by atoms with Crippen molar-refractivity contribution in [2.45, 2.75) is 57.8 Å². The van der Waals surface area contributed by atoms with Crippen molar-refractivity contribution in [3.05, 3.63) is 71.3 Å². The molecule has 2 heterocycles. The van der Waals surface area contributed by atoms with Gasteiger partial charge in [-0.05, 0) is 43.2 Å². The minimum absolute atomic E-state index is 0.0579. The van der Waals surface area contributed by atoms with Gasteiger partial charge in [0.15, 0.2) is 0 Å². The number of carboxylic acids is 1. The number of carbonyl (C=O) groups excluding carboxylic acids is 1. The van der Waals surface area contributed by atoms with Crippen LogP contribution in [-0.2, 0) is 9.59 Å². The van der Waals surface area contributed by atoms with Gasteiger partial charge >= 0.3 is 5.97 Å². The normalized spacial score (nSPS) is 14.3. The van der Waals surface area contributed by atoms with Crippen molar-refractivity contribution < 1.29 is 19.4 Å². The van der Waals surface area contributed by atoms with Gasteiger partial charge < -0.3 is 9.84 Å². The topological polar surface area (TPSA) is 84.7 Å². The summed E-state index contributed by atoms with van der Waals surface area (Å²) in [5, 5.41) is 13.6. The van der Waals surface area contributed by atoms with E-state index >= 15 is 0 Å². The lowest BCUT2D eigenvalue weighted by Crippen LogP contribution is -2.29. The Kier molecular flexibility index (Phi) is 10.9. The molecule has 1 N–H and O–H groups in total. The Morgan fingerprint density at radius 3 is 2.40 bits per heavy atom. The molecular formula is C31H35N3O4S2. The van der Waals surface area contributed by atoms with Gasteiger partial charge in [0.05, 0.1) is 17.7 Å². The Morgan fingerprint density at radius 1 is 1.00 bits per heavy atom.